The molecule has 2 N–H and O–H groups in total. The predicted molar refractivity (Wildman–Crippen MR) is 153 cm³/mol. The molecular weight excluding hydrogens is 484 g/mol. The Kier molecular flexibility index (Phi) is 9.71. The molecule has 0 radical (unpaired) electrons. The number of carbonyl (C=O) groups is 1. The van der Waals surface area contributed by atoms with Crippen molar-refractivity contribution in [1.82, 2.24) is 10.6 Å². The number of ether oxygens (including phenoxy) is 2. The zero-order valence-corrected chi connectivity index (χ0v) is 24.1. The largest absolute Gasteiger partial charge is 0.496 e. The molecule has 4 rings (SSSR count). The Labute approximate surface area is 229 Å². The number of benzene rings is 2. The number of carbonyl (C=O) groups excluding carboxylic acids is 1. The van der Waals surface area contributed by atoms with Crippen LogP contribution in [-0.2, 0) is 17.6 Å². The molecule has 37 heavy (non-hydrogen) atoms. The molecule has 0 saturated carbocycles. The molecule has 4 atom stereocenters. The highest BCUT2D eigenvalue weighted by Gasteiger charge is 2.51. The fraction of sp³-hybridized carbons (Fsp3) is 0.581. The Morgan fingerprint density at radius 1 is 0.757 bits per heavy atom. The van der Waals surface area contributed by atoms with Crippen molar-refractivity contribution in [3.63, 3.8) is 0 Å². The van der Waals surface area contributed by atoms with Crippen LogP contribution < -0.4 is 20.1 Å². The minimum Gasteiger partial charge on any atom is -0.496 e. The van der Waals surface area contributed by atoms with Gasteiger partial charge in [-0.2, -0.15) is 0 Å². The lowest BCUT2D eigenvalue weighted by atomic mass is 9.58. The van der Waals surface area contributed by atoms with Gasteiger partial charge < -0.3 is 20.1 Å². The second-order valence-corrected chi connectivity index (χ2v) is 11.8. The number of ketones is 1. The first-order chi connectivity index (χ1) is 17.2. The van der Waals surface area contributed by atoms with Crippen molar-refractivity contribution in [2.75, 3.05) is 27.3 Å². The summed E-state index contributed by atoms with van der Waals surface area (Å²) >= 11 is 0. The Morgan fingerprint density at radius 3 is 1.51 bits per heavy atom. The van der Waals surface area contributed by atoms with Crippen LogP contribution >= 0.6 is 12.4 Å². The highest BCUT2D eigenvalue weighted by atomic mass is 35.5. The van der Waals surface area contributed by atoms with Crippen LogP contribution in [0, 0.1) is 22.7 Å². The molecule has 2 saturated heterocycles. The third kappa shape index (κ3) is 6.00. The monoisotopic (exact) mass is 528 g/mol. The van der Waals surface area contributed by atoms with Gasteiger partial charge in [0.05, 0.1) is 14.2 Å². The second kappa shape index (κ2) is 12.2. The number of hydrogen-bond acceptors (Lipinski definition) is 5. The first-order valence-electron chi connectivity index (χ1n) is 13.4. The van der Waals surface area contributed by atoms with Gasteiger partial charge in [0.25, 0.3) is 0 Å². The van der Waals surface area contributed by atoms with Crippen molar-refractivity contribution in [3.05, 3.63) is 59.7 Å². The minimum atomic E-state index is -0.157. The van der Waals surface area contributed by atoms with E-state index in [1.54, 1.807) is 14.2 Å². The lowest BCUT2D eigenvalue weighted by molar-refractivity contribution is -0.139. The first-order valence-corrected chi connectivity index (χ1v) is 13.4. The van der Waals surface area contributed by atoms with Crippen LogP contribution in [0.4, 0.5) is 0 Å². The SMILES string of the molecule is COc1ccccc1CC1NCCC(C(=O)C2CCNC(Cc3ccccc3OC)C2(C)C)C1(C)C.Cl. The van der Waals surface area contributed by atoms with E-state index >= 15 is 0 Å². The van der Waals surface area contributed by atoms with Crippen LogP contribution in [0.1, 0.15) is 51.7 Å². The maximum atomic E-state index is 14.3. The van der Waals surface area contributed by atoms with E-state index in [0.29, 0.717) is 5.78 Å². The number of para-hydroxylation sites is 2. The van der Waals surface area contributed by atoms with Gasteiger partial charge in [0.15, 0.2) is 0 Å². The maximum absolute atomic E-state index is 14.3. The van der Waals surface area contributed by atoms with E-state index in [4.69, 9.17) is 9.47 Å². The Balaban J connectivity index is 0.00000380. The Hall–Kier alpha value is -2.08. The molecule has 4 unspecified atom stereocenters. The number of halogens is 1. The molecule has 0 spiro atoms. The van der Waals surface area contributed by atoms with Crippen LogP contribution in [0.3, 0.4) is 0 Å². The van der Waals surface area contributed by atoms with Crippen molar-refractivity contribution in [2.45, 2.75) is 65.5 Å². The van der Waals surface area contributed by atoms with Crippen molar-refractivity contribution >= 4 is 18.2 Å². The molecule has 204 valence electrons. The van der Waals surface area contributed by atoms with Gasteiger partial charge >= 0.3 is 0 Å². The number of rotatable bonds is 8. The summed E-state index contributed by atoms with van der Waals surface area (Å²) in [6.45, 7) is 10.9. The highest BCUT2D eigenvalue weighted by Crippen LogP contribution is 2.46. The molecule has 2 fully saturated rings. The summed E-state index contributed by atoms with van der Waals surface area (Å²) < 4.78 is 11.2. The Bertz CT molecular complexity index is 973. The fourth-order valence-electron chi connectivity index (χ4n) is 6.67. The minimum absolute atomic E-state index is 0. The van der Waals surface area contributed by atoms with Gasteiger partial charge in [-0.05, 0) is 72.9 Å². The molecule has 2 aromatic carbocycles. The molecule has 2 aliphatic heterocycles. The summed E-state index contributed by atoms with van der Waals surface area (Å²) in [5.74, 6) is 2.35. The van der Waals surface area contributed by atoms with Crippen LogP contribution in [0.15, 0.2) is 48.5 Å². The van der Waals surface area contributed by atoms with Crippen LogP contribution in [-0.4, -0.2) is 45.2 Å². The maximum Gasteiger partial charge on any atom is 0.140 e. The third-order valence-corrected chi connectivity index (χ3v) is 9.16. The van der Waals surface area contributed by atoms with Gasteiger partial charge in [0.2, 0.25) is 0 Å². The van der Waals surface area contributed by atoms with Gasteiger partial charge in [-0.3, -0.25) is 4.79 Å². The van der Waals surface area contributed by atoms with Crippen LogP contribution in [0.25, 0.3) is 0 Å². The smallest absolute Gasteiger partial charge is 0.140 e. The van der Waals surface area contributed by atoms with E-state index < -0.39 is 0 Å². The van der Waals surface area contributed by atoms with Crippen molar-refractivity contribution < 1.29 is 14.3 Å². The number of hydrogen-bond donors (Lipinski definition) is 2. The molecule has 0 aromatic heterocycles. The summed E-state index contributed by atoms with van der Waals surface area (Å²) in [6.07, 6.45) is 3.50. The second-order valence-electron chi connectivity index (χ2n) is 11.8. The highest BCUT2D eigenvalue weighted by molar-refractivity contribution is 5.85. The van der Waals surface area contributed by atoms with Crippen molar-refractivity contribution in [2.24, 2.45) is 22.7 Å². The summed E-state index contributed by atoms with van der Waals surface area (Å²) in [5.41, 5.74) is 2.07. The van der Waals surface area contributed by atoms with Gasteiger partial charge in [-0.1, -0.05) is 64.1 Å². The Morgan fingerprint density at radius 2 is 1.14 bits per heavy atom. The summed E-state index contributed by atoms with van der Waals surface area (Å²) in [6, 6.07) is 16.9. The lowest BCUT2D eigenvalue weighted by Gasteiger charge is -2.50. The molecule has 0 aliphatic carbocycles. The average Bonchev–Trinajstić information content (AvgIpc) is 2.86. The van der Waals surface area contributed by atoms with E-state index in [0.717, 1.165) is 50.3 Å². The third-order valence-electron chi connectivity index (χ3n) is 9.16. The van der Waals surface area contributed by atoms with Crippen molar-refractivity contribution in [1.29, 1.82) is 0 Å². The number of piperidine rings is 2. The summed E-state index contributed by atoms with van der Waals surface area (Å²) in [4.78, 5) is 14.3. The predicted octanol–water partition coefficient (Wildman–Crippen LogP) is 5.49. The zero-order chi connectivity index (χ0) is 25.9. The standard InChI is InChI=1S/C31H44N2O3.ClH/c1-30(2)23(15-17-32-27(30)19-21-11-7-9-13-25(21)35-5)29(34)24-16-18-33-28(31(24,3)4)20-22-12-8-10-14-26(22)36-6;/h7-14,23-24,27-28,32-33H,15-20H2,1-6H3;1H. The molecule has 6 heteroatoms. The molecule has 2 aliphatic rings. The quantitative estimate of drug-likeness (QED) is 0.474. The lowest BCUT2D eigenvalue weighted by Crippen LogP contribution is -2.60. The van der Waals surface area contributed by atoms with Crippen LogP contribution in [0.5, 0.6) is 11.5 Å². The molecule has 2 heterocycles. The van der Waals surface area contributed by atoms with Crippen LogP contribution in [0.2, 0.25) is 0 Å². The van der Waals surface area contributed by atoms with Crippen molar-refractivity contribution in [3.8, 4) is 11.5 Å². The topological polar surface area (TPSA) is 59.6 Å². The van der Waals surface area contributed by atoms with Gasteiger partial charge in [0, 0.05) is 23.9 Å². The molecule has 0 amide bonds. The van der Waals surface area contributed by atoms with E-state index in [1.807, 2.05) is 24.3 Å². The van der Waals surface area contributed by atoms with E-state index in [1.165, 1.54) is 11.1 Å². The first kappa shape index (κ1) is 29.5. The number of nitrogens with one attached hydrogen (secondary N) is 2. The normalized spacial score (nSPS) is 26.5. The average molecular weight is 529 g/mol. The van der Waals surface area contributed by atoms with E-state index in [9.17, 15) is 4.79 Å². The summed E-state index contributed by atoms with van der Waals surface area (Å²) in [5, 5.41) is 7.48. The van der Waals surface area contributed by atoms with E-state index in [-0.39, 0.29) is 47.2 Å². The number of methoxy groups -OCH3 is 2. The van der Waals surface area contributed by atoms with Gasteiger partial charge in [0.1, 0.15) is 17.3 Å². The number of Topliss-reactive ketones (excluding diaryl/α,β-unsaturated/α-hetero) is 1. The van der Waals surface area contributed by atoms with Gasteiger partial charge in [-0.25, -0.2) is 0 Å². The molecule has 0 bridgehead atoms. The molecule has 2 aromatic rings. The molecular formula is C31H45ClN2O3. The molecule has 5 nitrogen and oxygen atoms in total. The van der Waals surface area contributed by atoms with Gasteiger partial charge in [-0.15, -0.1) is 12.4 Å². The fourth-order valence-corrected chi connectivity index (χ4v) is 6.67. The van der Waals surface area contributed by atoms with E-state index in [2.05, 4.69) is 62.6 Å². The zero-order valence-electron chi connectivity index (χ0n) is 23.3. The summed E-state index contributed by atoms with van der Waals surface area (Å²) in [7, 11) is 3.45.